The number of carbonyl (C=O) groups excluding carboxylic acids is 1. The monoisotopic (exact) mass is 404 g/mol. The topological polar surface area (TPSA) is 79.8 Å². The van der Waals surface area contributed by atoms with Crippen LogP contribution in [0.4, 0.5) is 5.82 Å². The van der Waals surface area contributed by atoms with Gasteiger partial charge in [-0.1, -0.05) is 18.2 Å². The Bertz CT molecular complexity index is 1060. The Morgan fingerprint density at radius 1 is 1.13 bits per heavy atom. The normalized spacial score (nSPS) is 22.1. The predicted molar refractivity (Wildman–Crippen MR) is 117 cm³/mol. The van der Waals surface area contributed by atoms with Crippen LogP contribution in [0.15, 0.2) is 42.6 Å². The van der Waals surface area contributed by atoms with Gasteiger partial charge in [-0.25, -0.2) is 9.50 Å². The van der Waals surface area contributed by atoms with Crippen LogP contribution in [0.25, 0.3) is 5.65 Å². The van der Waals surface area contributed by atoms with Crippen molar-refractivity contribution in [3.05, 3.63) is 59.4 Å². The molecular formula is C23H28N6O. The number of fused-ring (bicyclic) bond motifs is 1. The van der Waals surface area contributed by atoms with E-state index in [1.165, 1.54) is 0 Å². The van der Waals surface area contributed by atoms with Crippen LogP contribution in [0.3, 0.4) is 0 Å². The molecule has 1 amide bonds. The van der Waals surface area contributed by atoms with E-state index in [2.05, 4.69) is 11.8 Å². The van der Waals surface area contributed by atoms with Crippen LogP contribution in [0.1, 0.15) is 53.3 Å². The molecule has 3 aromatic rings. The number of carbonyl (C=O) groups is 1. The van der Waals surface area contributed by atoms with Gasteiger partial charge in [0.25, 0.3) is 5.91 Å². The zero-order valence-corrected chi connectivity index (χ0v) is 17.4. The summed E-state index contributed by atoms with van der Waals surface area (Å²) >= 11 is 0. The Morgan fingerprint density at radius 3 is 2.73 bits per heavy atom. The highest BCUT2D eigenvalue weighted by molar-refractivity contribution is 5.94. The first-order valence-corrected chi connectivity index (χ1v) is 10.8. The summed E-state index contributed by atoms with van der Waals surface area (Å²) in [5.41, 5.74) is 9.66. The number of piperidine rings is 1. The molecule has 2 atom stereocenters. The third-order valence-corrected chi connectivity index (χ3v) is 6.27. The van der Waals surface area contributed by atoms with Crippen LogP contribution >= 0.6 is 0 Å². The van der Waals surface area contributed by atoms with Gasteiger partial charge in [0.1, 0.15) is 5.82 Å². The van der Waals surface area contributed by atoms with Crippen LogP contribution in [-0.4, -0.2) is 51.1 Å². The van der Waals surface area contributed by atoms with Gasteiger partial charge in [0, 0.05) is 49.1 Å². The summed E-state index contributed by atoms with van der Waals surface area (Å²) in [7, 11) is 0. The summed E-state index contributed by atoms with van der Waals surface area (Å²) < 4.78 is 1.85. The van der Waals surface area contributed by atoms with E-state index in [1.54, 1.807) is 0 Å². The highest BCUT2D eigenvalue weighted by atomic mass is 16.2. The molecule has 2 aliphatic rings. The van der Waals surface area contributed by atoms with E-state index in [9.17, 15) is 4.79 Å². The number of likely N-dealkylation sites (tertiary alicyclic amines) is 1. The molecule has 2 aromatic heterocycles. The SMILES string of the molecule is Cc1cn2nc(C3CCCCN3C(=O)c3ccccc3)cc2nc1N1CCC(N)C1. The molecule has 2 aliphatic heterocycles. The zero-order chi connectivity index (χ0) is 20.7. The molecule has 2 saturated heterocycles. The van der Waals surface area contributed by atoms with Gasteiger partial charge in [-0.3, -0.25) is 4.79 Å². The van der Waals surface area contributed by atoms with E-state index in [0.29, 0.717) is 0 Å². The number of amides is 1. The van der Waals surface area contributed by atoms with Crippen molar-refractivity contribution >= 4 is 17.4 Å². The largest absolute Gasteiger partial charge is 0.355 e. The van der Waals surface area contributed by atoms with Gasteiger partial charge in [-0.15, -0.1) is 0 Å². The number of hydrogen-bond acceptors (Lipinski definition) is 5. The molecular weight excluding hydrogens is 376 g/mol. The molecule has 30 heavy (non-hydrogen) atoms. The zero-order valence-electron chi connectivity index (χ0n) is 17.4. The van der Waals surface area contributed by atoms with Gasteiger partial charge in [-0.05, 0) is 44.7 Å². The summed E-state index contributed by atoms with van der Waals surface area (Å²) in [5.74, 6) is 1.07. The van der Waals surface area contributed by atoms with Crippen LogP contribution in [0, 0.1) is 6.92 Å². The molecule has 1 aromatic carbocycles. The van der Waals surface area contributed by atoms with E-state index in [4.69, 9.17) is 15.8 Å². The maximum Gasteiger partial charge on any atom is 0.254 e. The first-order chi connectivity index (χ1) is 14.6. The fourth-order valence-corrected chi connectivity index (χ4v) is 4.71. The number of hydrogen-bond donors (Lipinski definition) is 1. The Labute approximate surface area is 176 Å². The highest BCUT2D eigenvalue weighted by Crippen LogP contribution is 2.32. The maximum absolute atomic E-state index is 13.2. The molecule has 0 spiro atoms. The van der Waals surface area contributed by atoms with Crippen molar-refractivity contribution in [2.24, 2.45) is 5.73 Å². The summed E-state index contributed by atoms with van der Waals surface area (Å²) in [6.45, 7) is 4.61. The smallest absolute Gasteiger partial charge is 0.254 e. The quantitative estimate of drug-likeness (QED) is 0.726. The van der Waals surface area contributed by atoms with E-state index in [-0.39, 0.29) is 18.0 Å². The van der Waals surface area contributed by atoms with E-state index >= 15 is 0 Å². The minimum absolute atomic E-state index is 0.0166. The van der Waals surface area contributed by atoms with Gasteiger partial charge < -0.3 is 15.5 Å². The average Bonchev–Trinajstić information content (AvgIpc) is 3.39. The number of anilines is 1. The Morgan fingerprint density at radius 2 is 1.97 bits per heavy atom. The molecule has 0 aliphatic carbocycles. The van der Waals surface area contributed by atoms with Crippen molar-refractivity contribution in [2.75, 3.05) is 24.5 Å². The van der Waals surface area contributed by atoms with Crippen LogP contribution in [0.2, 0.25) is 0 Å². The highest BCUT2D eigenvalue weighted by Gasteiger charge is 2.31. The minimum Gasteiger partial charge on any atom is -0.355 e. The summed E-state index contributed by atoms with van der Waals surface area (Å²) in [6.07, 6.45) is 6.08. The lowest BCUT2D eigenvalue weighted by atomic mass is 9.98. The van der Waals surface area contributed by atoms with Crippen molar-refractivity contribution in [2.45, 2.75) is 44.7 Å². The Hall–Kier alpha value is -2.93. The predicted octanol–water partition coefficient (Wildman–Crippen LogP) is 2.94. The van der Waals surface area contributed by atoms with Crippen LogP contribution < -0.4 is 10.6 Å². The van der Waals surface area contributed by atoms with Gasteiger partial charge in [0.2, 0.25) is 0 Å². The summed E-state index contributed by atoms with van der Waals surface area (Å²) in [5, 5.41) is 4.82. The molecule has 0 bridgehead atoms. The van der Waals surface area contributed by atoms with Crippen LogP contribution in [0.5, 0.6) is 0 Å². The van der Waals surface area contributed by atoms with Crippen molar-refractivity contribution in [1.82, 2.24) is 19.5 Å². The molecule has 7 heteroatoms. The molecule has 2 unspecified atom stereocenters. The van der Waals surface area contributed by atoms with Gasteiger partial charge in [-0.2, -0.15) is 5.10 Å². The number of benzene rings is 1. The lowest BCUT2D eigenvalue weighted by Crippen LogP contribution is -2.38. The van der Waals surface area contributed by atoms with Gasteiger partial charge in [0.05, 0.1) is 11.7 Å². The second-order valence-electron chi connectivity index (χ2n) is 8.49. The summed E-state index contributed by atoms with van der Waals surface area (Å²) in [6, 6.07) is 11.8. The number of nitrogens with two attached hydrogens (primary N) is 1. The molecule has 5 rings (SSSR count). The summed E-state index contributed by atoms with van der Waals surface area (Å²) in [4.78, 5) is 22.3. The molecule has 0 radical (unpaired) electrons. The molecule has 7 nitrogen and oxygen atoms in total. The van der Waals surface area contributed by atoms with Crippen molar-refractivity contribution in [3.8, 4) is 0 Å². The number of rotatable bonds is 3. The maximum atomic E-state index is 13.2. The van der Waals surface area contributed by atoms with E-state index in [1.807, 2.05) is 52.0 Å². The van der Waals surface area contributed by atoms with Crippen molar-refractivity contribution in [1.29, 1.82) is 0 Å². The first kappa shape index (κ1) is 19.1. The standard InChI is InChI=1S/C23H28N6O/c1-16-14-29-21(25-22(16)27-12-10-18(24)15-27)13-19(26-29)20-9-5-6-11-28(20)23(30)17-7-3-2-4-8-17/h2-4,7-8,13-14,18,20H,5-6,9-12,15,24H2,1H3. The third-order valence-electron chi connectivity index (χ3n) is 6.27. The molecule has 4 heterocycles. The number of aromatic nitrogens is 3. The van der Waals surface area contributed by atoms with Gasteiger partial charge in [0.15, 0.2) is 5.65 Å². The molecule has 2 fully saturated rings. The van der Waals surface area contributed by atoms with E-state index < -0.39 is 0 Å². The van der Waals surface area contributed by atoms with Crippen molar-refractivity contribution < 1.29 is 4.79 Å². The minimum atomic E-state index is -0.0166. The first-order valence-electron chi connectivity index (χ1n) is 10.8. The fraction of sp³-hybridized carbons (Fsp3) is 0.435. The van der Waals surface area contributed by atoms with Gasteiger partial charge >= 0.3 is 0 Å². The number of aryl methyl sites for hydroxylation is 1. The average molecular weight is 405 g/mol. The Kier molecular flexibility index (Phi) is 4.90. The molecule has 156 valence electrons. The number of nitrogens with zero attached hydrogens (tertiary/aromatic N) is 5. The molecule has 0 saturated carbocycles. The third kappa shape index (κ3) is 3.43. The van der Waals surface area contributed by atoms with Crippen LogP contribution in [-0.2, 0) is 0 Å². The Balaban J connectivity index is 1.47. The second-order valence-corrected chi connectivity index (χ2v) is 8.49. The van der Waals surface area contributed by atoms with Crippen molar-refractivity contribution in [3.63, 3.8) is 0 Å². The second kappa shape index (κ2) is 7.72. The fourth-order valence-electron chi connectivity index (χ4n) is 4.71. The molecule has 2 N–H and O–H groups in total. The van der Waals surface area contributed by atoms with E-state index in [0.717, 1.165) is 73.6 Å². The lowest BCUT2D eigenvalue weighted by Gasteiger charge is -2.34. The lowest BCUT2D eigenvalue weighted by molar-refractivity contribution is 0.0605.